The van der Waals surface area contributed by atoms with Gasteiger partial charge in [-0.1, -0.05) is 15.9 Å². The van der Waals surface area contributed by atoms with Crippen LogP contribution in [0.4, 0.5) is 11.6 Å². The van der Waals surface area contributed by atoms with Crippen molar-refractivity contribution < 1.29 is 4.79 Å². The minimum absolute atomic E-state index is 0.0145. The van der Waals surface area contributed by atoms with Crippen molar-refractivity contribution in [2.75, 3.05) is 11.1 Å². The second-order valence-electron chi connectivity index (χ2n) is 3.30. The molecule has 0 radical (unpaired) electrons. The molecule has 1 amide bonds. The first-order valence-corrected chi connectivity index (χ1v) is 5.58. The SMILES string of the molecule is N#Cc1cc(Br)ccc1NC(=O)c1nc(N)n[nH]1. The largest absolute Gasteiger partial charge is 0.366 e. The lowest BCUT2D eigenvalue weighted by Crippen LogP contribution is -2.14. The van der Waals surface area contributed by atoms with E-state index in [1.165, 1.54) is 0 Å². The van der Waals surface area contributed by atoms with Crippen LogP contribution in [0.5, 0.6) is 0 Å². The fraction of sp³-hybridized carbons (Fsp3) is 0. The Morgan fingerprint density at radius 2 is 2.33 bits per heavy atom. The average molecular weight is 307 g/mol. The number of nitrogens with two attached hydrogens (primary N) is 1. The van der Waals surface area contributed by atoms with Crippen LogP contribution in [0, 0.1) is 11.3 Å². The molecule has 0 aliphatic carbocycles. The maximum atomic E-state index is 11.8. The van der Waals surface area contributed by atoms with Gasteiger partial charge in [-0.3, -0.25) is 9.89 Å². The number of aromatic amines is 1. The quantitative estimate of drug-likeness (QED) is 0.771. The number of benzene rings is 1. The maximum absolute atomic E-state index is 11.8. The summed E-state index contributed by atoms with van der Waals surface area (Å²) in [7, 11) is 0. The Balaban J connectivity index is 2.25. The number of nitrogens with one attached hydrogen (secondary N) is 2. The van der Waals surface area contributed by atoms with E-state index in [2.05, 4.69) is 36.4 Å². The number of nitrogen functional groups attached to an aromatic ring is 1. The van der Waals surface area contributed by atoms with Gasteiger partial charge in [0.2, 0.25) is 11.8 Å². The van der Waals surface area contributed by atoms with E-state index in [0.29, 0.717) is 11.3 Å². The zero-order chi connectivity index (χ0) is 13.1. The molecule has 0 saturated carbocycles. The van der Waals surface area contributed by atoms with E-state index >= 15 is 0 Å². The van der Waals surface area contributed by atoms with Crippen LogP contribution in [0.25, 0.3) is 0 Å². The molecule has 0 atom stereocenters. The molecule has 1 aromatic heterocycles. The van der Waals surface area contributed by atoms with Crippen LogP contribution >= 0.6 is 15.9 Å². The molecule has 8 heteroatoms. The third-order valence-corrected chi connectivity index (χ3v) is 2.56. The molecule has 1 heterocycles. The molecule has 0 spiro atoms. The maximum Gasteiger partial charge on any atom is 0.293 e. The fourth-order valence-electron chi connectivity index (χ4n) is 1.28. The summed E-state index contributed by atoms with van der Waals surface area (Å²) in [5.74, 6) is -0.547. The Labute approximate surface area is 110 Å². The zero-order valence-corrected chi connectivity index (χ0v) is 10.5. The lowest BCUT2D eigenvalue weighted by molar-refractivity contribution is 0.101. The van der Waals surface area contributed by atoms with E-state index in [0.717, 1.165) is 4.47 Å². The molecular weight excluding hydrogens is 300 g/mol. The lowest BCUT2D eigenvalue weighted by atomic mass is 10.2. The minimum atomic E-state index is -0.516. The van der Waals surface area contributed by atoms with E-state index in [1.807, 2.05) is 6.07 Å². The second kappa shape index (κ2) is 4.85. The zero-order valence-electron chi connectivity index (χ0n) is 8.94. The minimum Gasteiger partial charge on any atom is -0.366 e. The van der Waals surface area contributed by atoms with Gasteiger partial charge in [0.15, 0.2) is 0 Å². The summed E-state index contributed by atoms with van der Waals surface area (Å²) < 4.78 is 0.751. The van der Waals surface area contributed by atoms with Gasteiger partial charge in [-0.15, -0.1) is 5.10 Å². The highest BCUT2D eigenvalue weighted by Crippen LogP contribution is 2.20. The Kier molecular flexibility index (Phi) is 3.25. The number of nitriles is 1. The van der Waals surface area contributed by atoms with Gasteiger partial charge in [0.1, 0.15) is 6.07 Å². The highest BCUT2D eigenvalue weighted by molar-refractivity contribution is 9.10. The summed E-state index contributed by atoms with van der Waals surface area (Å²) in [6.07, 6.45) is 0. The third-order valence-electron chi connectivity index (χ3n) is 2.07. The van der Waals surface area contributed by atoms with Crippen molar-refractivity contribution in [3.8, 4) is 6.07 Å². The number of aromatic nitrogens is 3. The van der Waals surface area contributed by atoms with Gasteiger partial charge in [0.05, 0.1) is 11.3 Å². The van der Waals surface area contributed by atoms with Crippen LogP contribution in [0.2, 0.25) is 0 Å². The van der Waals surface area contributed by atoms with Crippen molar-refractivity contribution in [3.63, 3.8) is 0 Å². The number of carbonyl (C=O) groups excluding carboxylic acids is 1. The first-order valence-electron chi connectivity index (χ1n) is 4.79. The predicted molar refractivity (Wildman–Crippen MR) is 67.6 cm³/mol. The number of anilines is 2. The van der Waals surface area contributed by atoms with Gasteiger partial charge in [-0.05, 0) is 18.2 Å². The molecule has 90 valence electrons. The highest BCUT2D eigenvalue weighted by atomic mass is 79.9. The standard InChI is InChI=1S/C10H7BrN6O/c11-6-1-2-7(5(3-6)4-12)14-9(18)8-15-10(13)17-16-8/h1-3H,(H,14,18)(H3,13,15,16,17). The van der Waals surface area contributed by atoms with Crippen molar-refractivity contribution in [2.24, 2.45) is 0 Å². The average Bonchev–Trinajstić information content (AvgIpc) is 2.78. The predicted octanol–water partition coefficient (Wildman–Crippen LogP) is 1.27. The number of carbonyl (C=O) groups is 1. The Hall–Kier alpha value is -2.40. The van der Waals surface area contributed by atoms with Gasteiger partial charge in [-0.2, -0.15) is 10.2 Å². The summed E-state index contributed by atoms with van der Waals surface area (Å²) in [4.78, 5) is 15.4. The fourth-order valence-corrected chi connectivity index (χ4v) is 1.64. The van der Waals surface area contributed by atoms with E-state index in [9.17, 15) is 4.79 Å². The number of rotatable bonds is 2. The summed E-state index contributed by atoms with van der Waals surface area (Å²) in [6, 6.07) is 6.91. The molecule has 0 bridgehead atoms. The van der Waals surface area contributed by atoms with E-state index < -0.39 is 5.91 Å². The number of nitrogens with zero attached hydrogens (tertiary/aromatic N) is 3. The number of hydrogen-bond donors (Lipinski definition) is 3. The molecule has 2 rings (SSSR count). The molecule has 0 unspecified atom stereocenters. The molecular formula is C10H7BrN6O. The molecule has 1 aromatic carbocycles. The third kappa shape index (κ3) is 2.46. The molecule has 0 aliphatic heterocycles. The molecule has 0 saturated heterocycles. The van der Waals surface area contributed by atoms with Crippen LogP contribution in [-0.4, -0.2) is 21.1 Å². The number of halogens is 1. The van der Waals surface area contributed by atoms with Crippen molar-refractivity contribution in [2.45, 2.75) is 0 Å². The van der Waals surface area contributed by atoms with E-state index in [1.54, 1.807) is 18.2 Å². The Morgan fingerprint density at radius 3 is 2.94 bits per heavy atom. The van der Waals surface area contributed by atoms with Gasteiger partial charge in [-0.25, -0.2) is 0 Å². The summed E-state index contributed by atoms with van der Waals surface area (Å²) in [5, 5.41) is 17.4. The molecule has 0 aliphatic rings. The van der Waals surface area contributed by atoms with Gasteiger partial charge in [0.25, 0.3) is 5.91 Å². The van der Waals surface area contributed by atoms with Crippen LogP contribution < -0.4 is 11.1 Å². The van der Waals surface area contributed by atoms with Crippen molar-refractivity contribution in [1.29, 1.82) is 5.26 Å². The molecule has 0 fully saturated rings. The topological polar surface area (TPSA) is 120 Å². The summed E-state index contributed by atoms with van der Waals surface area (Å²) in [6.45, 7) is 0. The van der Waals surface area contributed by atoms with Crippen LogP contribution in [0.3, 0.4) is 0 Å². The van der Waals surface area contributed by atoms with Crippen LogP contribution in [0.1, 0.15) is 16.2 Å². The number of amides is 1. The molecule has 18 heavy (non-hydrogen) atoms. The van der Waals surface area contributed by atoms with E-state index in [-0.39, 0.29) is 11.8 Å². The van der Waals surface area contributed by atoms with Gasteiger partial charge < -0.3 is 11.1 Å². The summed E-state index contributed by atoms with van der Waals surface area (Å²) in [5.41, 5.74) is 6.02. The molecule has 7 nitrogen and oxygen atoms in total. The Bertz CT molecular complexity index is 644. The smallest absolute Gasteiger partial charge is 0.293 e. The normalized spacial score (nSPS) is 9.78. The van der Waals surface area contributed by atoms with Crippen molar-refractivity contribution in [3.05, 3.63) is 34.1 Å². The first-order chi connectivity index (χ1) is 8.60. The lowest BCUT2D eigenvalue weighted by Gasteiger charge is -2.05. The Morgan fingerprint density at radius 1 is 1.56 bits per heavy atom. The first kappa shape index (κ1) is 12.1. The van der Waals surface area contributed by atoms with Gasteiger partial charge in [0, 0.05) is 4.47 Å². The second-order valence-corrected chi connectivity index (χ2v) is 4.21. The number of H-pyrrole nitrogens is 1. The monoisotopic (exact) mass is 306 g/mol. The van der Waals surface area contributed by atoms with Crippen molar-refractivity contribution >= 4 is 33.5 Å². The van der Waals surface area contributed by atoms with Crippen molar-refractivity contribution in [1.82, 2.24) is 15.2 Å². The molecule has 4 N–H and O–H groups in total. The van der Waals surface area contributed by atoms with Crippen LogP contribution in [0.15, 0.2) is 22.7 Å². The van der Waals surface area contributed by atoms with Crippen LogP contribution in [-0.2, 0) is 0 Å². The highest BCUT2D eigenvalue weighted by Gasteiger charge is 2.13. The van der Waals surface area contributed by atoms with E-state index in [4.69, 9.17) is 11.0 Å². The molecule has 2 aromatic rings. The summed E-state index contributed by atoms with van der Waals surface area (Å²) >= 11 is 3.24. The number of hydrogen-bond acceptors (Lipinski definition) is 5. The van der Waals surface area contributed by atoms with Gasteiger partial charge >= 0.3 is 0 Å².